The van der Waals surface area contributed by atoms with E-state index in [1.165, 1.54) is 25.7 Å². The van der Waals surface area contributed by atoms with E-state index in [9.17, 15) is 0 Å². The Morgan fingerprint density at radius 2 is 2.00 bits per heavy atom. The summed E-state index contributed by atoms with van der Waals surface area (Å²) < 4.78 is 6.00. The van der Waals surface area contributed by atoms with Crippen molar-refractivity contribution in [2.45, 2.75) is 25.7 Å². The molecule has 3 heteroatoms. The maximum atomic E-state index is 6.00. The monoisotopic (exact) mass is 319 g/mol. The summed E-state index contributed by atoms with van der Waals surface area (Å²) in [6.07, 6.45) is 7.01. The highest BCUT2D eigenvalue weighted by Gasteiger charge is 2.33. The molecule has 0 bridgehead atoms. The Hall–Kier alpha value is -1.09. The second-order valence-electron chi connectivity index (χ2n) is 5.49. The highest BCUT2D eigenvalue weighted by Crippen LogP contribution is 2.40. The van der Waals surface area contributed by atoms with Crippen LogP contribution >= 0.6 is 15.9 Å². The van der Waals surface area contributed by atoms with Crippen LogP contribution in [0.4, 0.5) is 0 Å². The predicted molar refractivity (Wildman–Crippen MR) is 81.9 cm³/mol. The molecule has 100 valence electrons. The van der Waals surface area contributed by atoms with Gasteiger partial charge in [-0.25, -0.2) is 0 Å². The summed E-state index contributed by atoms with van der Waals surface area (Å²) in [6, 6.07) is 10.2. The number of aromatic nitrogens is 1. The lowest BCUT2D eigenvalue weighted by Gasteiger charge is -2.26. The number of rotatable bonds is 4. The highest BCUT2D eigenvalue weighted by atomic mass is 79.9. The SMILES string of the molecule is BrCC1(COc2cnc3ccccc3c2)CCCC1. The van der Waals surface area contributed by atoms with E-state index in [0.29, 0.717) is 5.41 Å². The van der Waals surface area contributed by atoms with Gasteiger partial charge in [0, 0.05) is 16.1 Å². The minimum atomic E-state index is 0.325. The third kappa shape index (κ3) is 2.76. The second kappa shape index (κ2) is 5.49. The first-order chi connectivity index (χ1) is 9.31. The van der Waals surface area contributed by atoms with E-state index < -0.39 is 0 Å². The minimum absolute atomic E-state index is 0.325. The molecule has 19 heavy (non-hydrogen) atoms. The van der Waals surface area contributed by atoms with E-state index in [4.69, 9.17) is 4.74 Å². The minimum Gasteiger partial charge on any atom is -0.491 e. The number of benzene rings is 1. The number of halogens is 1. The van der Waals surface area contributed by atoms with Gasteiger partial charge in [0.2, 0.25) is 0 Å². The zero-order valence-electron chi connectivity index (χ0n) is 10.9. The van der Waals surface area contributed by atoms with Gasteiger partial charge in [0.05, 0.1) is 18.3 Å². The number of alkyl halides is 1. The molecule has 2 nitrogen and oxygen atoms in total. The standard InChI is InChI=1S/C16H18BrNO/c17-11-16(7-3-4-8-16)12-19-14-9-13-5-1-2-6-15(13)18-10-14/h1-2,5-6,9-10H,3-4,7-8,11-12H2. The maximum absolute atomic E-state index is 6.00. The Balaban J connectivity index is 1.74. The lowest BCUT2D eigenvalue weighted by molar-refractivity contribution is 0.173. The number of hydrogen-bond donors (Lipinski definition) is 0. The van der Waals surface area contributed by atoms with Gasteiger partial charge in [0.1, 0.15) is 5.75 Å². The Kier molecular flexibility index (Phi) is 3.74. The molecule has 1 saturated carbocycles. The van der Waals surface area contributed by atoms with Crippen LogP contribution in [0.2, 0.25) is 0 Å². The number of ether oxygens (including phenoxy) is 1. The van der Waals surface area contributed by atoms with Crippen molar-refractivity contribution in [3.8, 4) is 5.75 Å². The summed E-state index contributed by atoms with van der Waals surface area (Å²) in [5.41, 5.74) is 1.34. The normalized spacial score (nSPS) is 17.7. The quantitative estimate of drug-likeness (QED) is 0.770. The molecule has 1 aliphatic carbocycles. The zero-order valence-corrected chi connectivity index (χ0v) is 12.5. The van der Waals surface area contributed by atoms with Gasteiger partial charge in [-0.3, -0.25) is 4.98 Å². The molecule has 1 heterocycles. The fourth-order valence-electron chi connectivity index (χ4n) is 2.81. The van der Waals surface area contributed by atoms with E-state index >= 15 is 0 Å². The molecule has 0 saturated heterocycles. The van der Waals surface area contributed by atoms with E-state index in [1.807, 2.05) is 24.4 Å². The lowest BCUT2D eigenvalue weighted by atomic mass is 9.90. The fourth-order valence-corrected chi connectivity index (χ4v) is 3.53. The van der Waals surface area contributed by atoms with Gasteiger partial charge < -0.3 is 4.74 Å². The van der Waals surface area contributed by atoms with Crippen LogP contribution in [-0.4, -0.2) is 16.9 Å². The smallest absolute Gasteiger partial charge is 0.138 e. The maximum Gasteiger partial charge on any atom is 0.138 e. The average Bonchev–Trinajstić information content (AvgIpc) is 2.94. The van der Waals surface area contributed by atoms with Crippen molar-refractivity contribution in [2.24, 2.45) is 5.41 Å². The molecule has 0 N–H and O–H groups in total. The molecule has 0 aliphatic heterocycles. The summed E-state index contributed by atoms with van der Waals surface area (Å²) in [4.78, 5) is 4.44. The zero-order chi connectivity index (χ0) is 13.1. The van der Waals surface area contributed by atoms with E-state index in [-0.39, 0.29) is 0 Å². The number of para-hydroxylation sites is 1. The second-order valence-corrected chi connectivity index (χ2v) is 6.05. The lowest BCUT2D eigenvalue weighted by Crippen LogP contribution is -2.27. The highest BCUT2D eigenvalue weighted by molar-refractivity contribution is 9.09. The summed E-state index contributed by atoms with van der Waals surface area (Å²) in [5, 5.41) is 2.17. The van der Waals surface area contributed by atoms with E-state index in [1.54, 1.807) is 0 Å². The first-order valence-corrected chi connectivity index (χ1v) is 7.97. The van der Waals surface area contributed by atoms with Crippen LogP contribution in [0.25, 0.3) is 10.9 Å². The van der Waals surface area contributed by atoms with Gasteiger partial charge in [-0.15, -0.1) is 0 Å². The first kappa shape index (κ1) is 12.9. The van der Waals surface area contributed by atoms with Crippen molar-refractivity contribution in [3.63, 3.8) is 0 Å². The van der Waals surface area contributed by atoms with Crippen LogP contribution in [0, 0.1) is 5.41 Å². The third-order valence-electron chi connectivity index (χ3n) is 4.06. The Morgan fingerprint density at radius 3 is 2.79 bits per heavy atom. The number of hydrogen-bond acceptors (Lipinski definition) is 2. The van der Waals surface area contributed by atoms with Crippen LogP contribution in [0.15, 0.2) is 36.5 Å². The van der Waals surface area contributed by atoms with Crippen LogP contribution in [-0.2, 0) is 0 Å². The van der Waals surface area contributed by atoms with Crippen molar-refractivity contribution in [2.75, 3.05) is 11.9 Å². The molecule has 1 aromatic heterocycles. The Bertz CT molecular complexity index is 563. The summed E-state index contributed by atoms with van der Waals surface area (Å²) in [5.74, 6) is 0.880. The van der Waals surface area contributed by atoms with Crippen molar-refractivity contribution < 1.29 is 4.74 Å². The third-order valence-corrected chi connectivity index (χ3v) is 5.25. The van der Waals surface area contributed by atoms with Crippen molar-refractivity contribution >= 4 is 26.8 Å². The molecular formula is C16H18BrNO. The molecule has 1 aromatic carbocycles. The van der Waals surface area contributed by atoms with Gasteiger partial charge in [0.25, 0.3) is 0 Å². The van der Waals surface area contributed by atoms with Crippen LogP contribution in [0.1, 0.15) is 25.7 Å². The molecule has 0 radical (unpaired) electrons. The molecule has 0 atom stereocenters. The van der Waals surface area contributed by atoms with Crippen molar-refractivity contribution in [3.05, 3.63) is 36.5 Å². The largest absolute Gasteiger partial charge is 0.491 e. The molecule has 3 rings (SSSR count). The van der Waals surface area contributed by atoms with Gasteiger partial charge >= 0.3 is 0 Å². The van der Waals surface area contributed by atoms with Crippen LogP contribution < -0.4 is 4.74 Å². The topological polar surface area (TPSA) is 22.1 Å². The molecule has 0 unspecified atom stereocenters. The van der Waals surface area contributed by atoms with Gasteiger partial charge in [-0.2, -0.15) is 0 Å². The number of nitrogens with zero attached hydrogens (tertiary/aromatic N) is 1. The van der Waals surface area contributed by atoms with Crippen molar-refractivity contribution in [1.29, 1.82) is 0 Å². The fraction of sp³-hybridized carbons (Fsp3) is 0.438. The van der Waals surface area contributed by atoms with Gasteiger partial charge in [0.15, 0.2) is 0 Å². The Morgan fingerprint density at radius 1 is 1.21 bits per heavy atom. The summed E-state index contributed by atoms with van der Waals surface area (Å²) in [6.45, 7) is 0.790. The molecular weight excluding hydrogens is 302 g/mol. The average molecular weight is 320 g/mol. The van der Waals surface area contributed by atoms with Gasteiger partial charge in [-0.05, 0) is 25.0 Å². The number of pyridine rings is 1. The van der Waals surface area contributed by atoms with Crippen LogP contribution in [0.5, 0.6) is 5.75 Å². The van der Waals surface area contributed by atoms with Crippen LogP contribution in [0.3, 0.4) is 0 Å². The molecule has 0 amide bonds. The summed E-state index contributed by atoms with van der Waals surface area (Å²) in [7, 11) is 0. The number of fused-ring (bicyclic) bond motifs is 1. The molecule has 0 spiro atoms. The molecule has 1 fully saturated rings. The van der Waals surface area contributed by atoms with Crippen molar-refractivity contribution in [1.82, 2.24) is 4.98 Å². The van der Waals surface area contributed by atoms with E-state index in [0.717, 1.165) is 28.6 Å². The summed E-state index contributed by atoms with van der Waals surface area (Å²) >= 11 is 3.65. The molecule has 2 aromatic rings. The molecule has 1 aliphatic rings. The first-order valence-electron chi connectivity index (χ1n) is 6.85. The Labute approximate surface area is 122 Å². The van der Waals surface area contributed by atoms with E-state index in [2.05, 4.69) is 33.0 Å². The van der Waals surface area contributed by atoms with Gasteiger partial charge in [-0.1, -0.05) is 47.0 Å². The predicted octanol–water partition coefficient (Wildman–Crippen LogP) is 4.57.